The number of nitrogens with zero attached hydrogens (tertiary/aromatic N) is 2. The molecule has 0 saturated heterocycles. The van der Waals surface area contributed by atoms with Crippen LogP contribution in [0.3, 0.4) is 0 Å². The average molecular weight is 243 g/mol. The van der Waals surface area contributed by atoms with Gasteiger partial charge in [0.25, 0.3) is 5.89 Å². The molecule has 2 heterocycles. The van der Waals surface area contributed by atoms with Gasteiger partial charge in [0.05, 0.1) is 6.61 Å². The van der Waals surface area contributed by atoms with Crippen LogP contribution in [-0.4, -0.2) is 28.8 Å². The van der Waals surface area contributed by atoms with Gasteiger partial charge in [-0.25, -0.2) is 0 Å². The van der Waals surface area contributed by atoms with Gasteiger partial charge in [0, 0.05) is 24.4 Å². The summed E-state index contributed by atoms with van der Waals surface area (Å²) in [4.78, 5) is 7.58. The lowest BCUT2D eigenvalue weighted by Gasteiger charge is -1.90. The second-order valence-corrected chi connectivity index (χ2v) is 4.03. The number of rotatable bonds is 4. The fourth-order valence-electron chi connectivity index (χ4n) is 1.85. The van der Waals surface area contributed by atoms with E-state index in [1.54, 1.807) is 7.11 Å². The predicted molar refractivity (Wildman–Crippen MR) is 67.2 cm³/mol. The highest BCUT2D eigenvalue weighted by Gasteiger charge is 2.11. The Hall–Kier alpha value is -2.14. The van der Waals surface area contributed by atoms with Gasteiger partial charge in [-0.3, -0.25) is 0 Å². The third kappa shape index (κ3) is 2.00. The third-order valence-corrected chi connectivity index (χ3v) is 2.76. The predicted octanol–water partition coefficient (Wildman–Crippen LogP) is 2.41. The van der Waals surface area contributed by atoms with Crippen molar-refractivity contribution in [2.45, 2.75) is 6.42 Å². The van der Waals surface area contributed by atoms with Crippen molar-refractivity contribution in [3.05, 3.63) is 36.2 Å². The second-order valence-electron chi connectivity index (χ2n) is 4.03. The van der Waals surface area contributed by atoms with Gasteiger partial charge < -0.3 is 14.2 Å². The van der Waals surface area contributed by atoms with E-state index in [1.165, 1.54) is 0 Å². The van der Waals surface area contributed by atoms with E-state index >= 15 is 0 Å². The topological polar surface area (TPSA) is 63.9 Å². The first-order valence-corrected chi connectivity index (χ1v) is 5.76. The number of hydrogen-bond acceptors (Lipinski definition) is 4. The summed E-state index contributed by atoms with van der Waals surface area (Å²) in [6.45, 7) is 0.589. The van der Waals surface area contributed by atoms with Crippen LogP contribution in [0.25, 0.3) is 22.5 Å². The van der Waals surface area contributed by atoms with E-state index in [-0.39, 0.29) is 0 Å². The molecule has 0 radical (unpaired) electrons. The quantitative estimate of drug-likeness (QED) is 0.764. The molecule has 1 aromatic carbocycles. The summed E-state index contributed by atoms with van der Waals surface area (Å²) in [7, 11) is 1.65. The number of aromatic amines is 1. The van der Waals surface area contributed by atoms with Gasteiger partial charge in [0.1, 0.15) is 5.69 Å². The summed E-state index contributed by atoms with van der Waals surface area (Å²) in [5.41, 5.74) is 1.90. The largest absolute Gasteiger partial charge is 0.384 e. The minimum Gasteiger partial charge on any atom is -0.384 e. The molecule has 3 aromatic rings. The Balaban J connectivity index is 1.91. The molecule has 18 heavy (non-hydrogen) atoms. The van der Waals surface area contributed by atoms with Gasteiger partial charge in [0.2, 0.25) is 0 Å². The molecule has 2 aromatic heterocycles. The smallest absolute Gasteiger partial charge is 0.274 e. The van der Waals surface area contributed by atoms with Crippen LogP contribution in [0.4, 0.5) is 0 Å². The number of nitrogens with one attached hydrogen (secondary N) is 1. The van der Waals surface area contributed by atoms with E-state index in [1.807, 2.05) is 30.3 Å². The molecule has 0 bridgehead atoms. The van der Waals surface area contributed by atoms with Gasteiger partial charge in [-0.2, -0.15) is 4.98 Å². The SMILES string of the molecule is COCCc1noc(-c2cc3ccccc3[nH]2)n1. The Morgan fingerprint density at radius 2 is 2.22 bits per heavy atom. The Bertz CT molecular complexity index is 624. The van der Waals surface area contributed by atoms with Crippen LogP contribution < -0.4 is 0 Å². The third-order valence-electron chi connectivity index (χ3n) is 2.76. The molecule has 0 fully saturated rings. The first kappa shape index (κ1) is 11.0. The van der Waals surface area contributed by atoms with Crippen molar-refractivity contribution in [3.8, 4) is 11.6 Å². The number of hydrogen-bond donors (Lipinski definition) is 1. The van der Waals surface area contributed by atoms with E-state index in [4.69, 9.17) is 9.26 Å². The van der Waals surface area contributed by atoms with Crippen LogP contribution >= 0.6 is 0 Å². The van der Waals surface area contributed by atoms with Crippen LogP contribution in [-0.2, 0) is 11.2 Å². The van der Waals surface area contributed by atoms with Crippen LogP contribution in [0.2, 0.25) is 0 Å². The van der Waals surface area contributed by atoms with E-state index in [9.17, 15) is 0 Å². The summed E-state index contributed by atoms with van der Waals surface area (Å²) in [6.07, 6.45) is 0.653. The normalized spacial score (nSPS) is 11.2. The Kier molecular flexibility index (Phi) is 2.82. The van der Waals surface area contributed by atoms with Crippen molar-refractivity contribution in [1.29, 1.82) is 0 Å². The molecule has 5 nitrogen and oxygen atoms in total. The zero-order valence-electron chi connectivity index (χ0n) is 10.0. The summed E-state index contributed by atoms with van der Waals surface area (Å²) in [6, 6.07) is 10.0. The van der Waals surface area contributed by atoms with Crippen LogP contribution in [0, 0.1) is 0 Å². The summed E-state index contributed by atoms with van der Waals surface area (Å²) in [5, 5.41) is 5.04. The van der Waals surface area contributed by atoms with Crippen LogP contribution in [0.15, 0.2) is 34.9 Å². The van der Waals surface area contributed by atoms with E-state index in [2.05, 4.69) is 15.1 Å². The number of para-hydroxylation sites is 1. The first-order chi connectivity index (χ1) is 8.86. The van der Waals surface area contributed by atoms with E-state index in [0.717, 1.165) is 16.6 Å². The molecule has 0 saturated carbocycles. The Labute approximate surface area is 104 Å². The maximum atomic E-state index is 5.23. The fourth-order valence-corrected chi connectivity index (χ4v) is 1.85. The highest BCUT2D eigenvalue weighted by molar-refractivity contribution is 5.84. The minimum absolute atomic E-state index is 0.511. The van der Waals surface area contributed by atoms with Gasteiger partial charge in [-0.15, -0.1) is 0 Å². The number of H-pyrrole nitrogens is 1. The molecule has 0 atom stereocenters. The maximum Gasteiger partial charge on any atom is 0.274 e. The molecule has 1 N–H and O–H groups in total. The molecule has 0 aliphatic carbocycles. The monoisotopic (exact) mass is 243 g/mol. The van der Waals surface area contributed by atoms with Gasteiger partial charge >= 0.3 is 0 Å². The lowest BCUT2D eigenvalue weighted by molar-refractivity contribution is 0.199. The number of aromatic nitrogens is 3. The van der Waals surface area contributed by atoms with Gasteiger partial charge in [-0.05, 0) is 12.1 Å². The summed E-state index contributed by atoms with van der Waals surface area (Å²) in [5.74, 6) is 1.17. The zero-order valence-corrected chi connectivity index (χ0v) is 10.0. The number of fused-ring (bicyclic) bond motifs is 1. The molecular weight excluding hydrogens is 230 g/mol. The molecule has 0 aliphatic heterocycles. The molecule has 0 aliphatic rings. The number of ether oxygens (including phenoxy) is 1. The molecule has 5 heteroatoms. The van der Waals surface area contributed by atoms with Crippen molar-refractivity contribution in [2.24, 2.45) is 0 Å². The van der Waals surface area contributed by atoms with E-state index < -0.39 is 0 Å². The highest BCUT2D eigenvalue weighted by Crippen LogP contribution is 2.22. The molecule has 0 amide bonds. The highest BCUT2D eigenvalue weighted by atomic mass is 16.5. The molecule has 0 spiro atoms. The van der Waals surface area contributed by atoms with Crippen molar-refractivity contribution in [3.63, 3.8) is 0 Å². The first-order valence-electron chi connectivity index (χ1n) is 5.76. The lowest BCUT2D eigenvalue weighted by atomic mass is 10.2. The zero-order chi connectivity index (χ0) is 12.4. The molecule has 0 unspecified atom stereocenters. The summed E-state index contributed by atoms with van der Waals surface area (Å²) < 4.78 is 10.2. The van der Waals surface area contributed by atoms with Crippen LogP contribution in [0.5, 0.6) is 0 Å². The minimum atomic E-state index is 0.511. The number of methoxy groups -OCH3 is 1. The Morgan fingerprint density at radius 3 is 3.06 bits per heavy atom. The maximum absolute atomic E-state index is 5.23. The van der Waals surface area contributed by atoms with Crippen molar-refractivity contribution >= 4 is 10.9 Å². The van der Waals surface area contributed by atoms with Crippen molar-refractivity contribution in [1.82, 2.24) is 15.1 Å². The van der Waals surface area contributed by atoms with Crippen LogP contribution in [0.1, 0.15) is 5.82 Å². The fraction of sp³-hybridized carbons (Fsp3) is 0.231. The lowest BCUT2D eigenvalue weighted by Crippen LogP contribution is -1.96. The molecule has 3 rings (SSSR count). The number of benzene rings is 1. The van der Waals surface area contributed by atoms with Gasteiger partial charge in [0.15, 0.2) is 5.82 Å². The van der Waals surface area contributed by atoms with Crippen molar-refractivity contribution < 1.29 is 9.26 Å². The molecule has 92 valence electrons. The molecular formula is C13H13N3O2. The Morgan fingerprint density at radius 1 is 1.33 bits per heavy atom. The van der Waals surface area contributed by atoms with Crippen molar-refractivity contribution in [2.75, 3.05) is 13.7 Å². The summed E-state index contributed by atoms with van der Waals surface area (Å²) >= 11 is 0. The van der Waals surface area contributed by atoms with E-state index in [0.29, 0.717) is 24.7 Å². The second kappa shape index (κ2) is 4.62. The average Bonchev–Trinajstić information content (AvgIpc) is 3.02. The van der Waals surface area contributed by atoms with Gasteiger partial charge in [-0.1, -0.05) is 23.4 Å². The standard InChI is InChI=1S/C13H13N3O2/c1-17-7-6-12-15-13(18-16-12)11-8-9-4-2-3-5-10(9)14-11/h2-5,8,14H,6-7H2,1H3.